The Balaban J connectivity index is 1.87. The molecule has 27 heavy (non-hydrogen) atoms. The Labute approximate surface area is 158 Å². The average Bonchev–Trinajstić information content (AvgIpc) is 3.14. The van der Waals surface area contributed by atoms with Crippen LogP contribution in [0.2, 0.25) is 0 Å². The summed E-state index contributed by atoms with van der Waals surface area (Å²) in [5.74, 6) is 0.323. The number of hydrogen-bond acceptors (Lipinski definition) is 3. The normalized spacial score (nSPS) is 10.9. The molecule has 0 saturated heterocycles. The molecular weight excluding hydrogens is 338 g/mol. The predicted octanol–water partition coefficient (Wildman–Crippen LogP) is 4.34. The highest BCUT2D eigenvalue weighted by Gasteiger charge is 2.11. The van der Waals surface area contributed by atoms with Gasteiger partial charge in [0.15, 0.2) is 0 Å². The molecule has 0 bridgehead atoms. The lowest BCUT2D eigenvalue weighted by Gasteiger charge is -2.09. The number of nitrogens with one attached hydrogen (secondary N) is 1. The van der Waals surface area contributed by atoms with Crippen LogP contribution < -0.4 is 10.1 Å². The van der Waals surface area contributed by atoms with Crippen LogP contribution in [0.15, 0.2) is 72.4 Å². The number of anilines is 1. The van der Waals surface area contributed by atoms with Gasteiger partial charge in [-0.05, 0) is 67.1 Å². The molecule has 0 fully saturated rings. The third-order valence-electron chi connectivity index (χ3n) is 4.06. The van der Waals surface area contributed by atoms with E-state index in [1.807, 2.05) is 78.4 Å². The van der Waals surface area contributed by atoms with E-state index in [-0.39, 0.29) is 5.57 Å². The van der Waals surface area contributed by atoms with E-state index < -0.39 is 5.91 Å². The number of hydrogen-bond donors (Lipinski definition) is 1. The van der Waals surface area contributed by atoms with Crippen molar-refractivity contribution in [2.75, 3.05) is 12.4 Å². The number of carbonyl (C=O) groups is 1. The Kier molecular flexibility index (Phi) is 5.38. The van der Waals surface area contributed by atoms with Crippen molar-refractivity contribution in [3.8, 4) is 17.5 Å². The summed E-state index contributed by atoms with van der Waals surface area (Å²) in [5, 5.41) is 12.2. The standard InChI is InChI=1S/C22H19N3O2/c1-16-5-3-6-18(13-16)24-22(26)17(15-23)14-20-7-4-12-25(20)19-8-10-21(27-2)11-9-19/h3-14H,1-2H3,(H,24,26)/b17-14-. The quantitative estimate of drug-likeness (QED) is 0.545. The van der Waals surface area contributed by atoms with Crippen molar-refractivity contribution >= 4 is 17.7 Å². The Hall–Kier alpha value is -3.78. The number of benzene rings is 2. The zero-order valence-corrected chi connectivity index (χ0v) is 15.1. The minimum Gasteiger partial charge on any atom is -0.497 e. The molecule has 1 heterocycles. The van der Waals surface area contributed by atoms with Gasteiger partial charge in [-0.1, -0.05) is 12.1 Å². The minimum absolute atomic E-state index is 0.0324. The first-order chi connectivity index (χ1) is 13.1. The molecule has 0 aliphatic rings. The molecule has 0 spiro atoms. The van der Waals surface area contributed by atoms with Gasteiger partial charge in [0.25, 0.3) is 5.91 Å². The molecule has 2 aromatic carbocycles. The molecule has 1 N–H and O–H groups in total. The van der Waals surface area contributed by atoms with E-state index in [0.29, 0.717) is 5.69 Å². The van der Waals surface area contributed by atoms with Gasteiger partial charge in [-0.25, -0.2) is 0 Å². The van der Waals surface area contributed by atoms with E-state index >= 15 is 0 Å². The lowest BCUT2D eigenvalue weighted by Crippen LogP contribution is -2.13. The third-order valence-corrected chi connectivity index (χ3v) is 4.06. The fourth-order valence-electron chi connectivity index (χ4n) is 2.71. The van der Waals surface area contributed by atoms with Crippen LogP contribution in [-0.4, -0.2) is 17.6 Å². The van der Waals surface area contributed by atoms with Crippen LogP contribution in [0.25, 0.3) is 11.8 Å². The molecule has 1 aromatic heterocycles. The molecule has 0 unspecified atom stereocenters. The number of nitriles is 1. The van der Waals surface area contributed by atoms with E-state index in [1.54, 1.807) is 19.3 Å². The summed E-state index contributed by atoms with van der Waals surface area (Å²) < 4.78 is 7.08. The molecule has 0 aliphatic carbocycles. The summed E-state index contributed by atoms with van der Waals surface area (Å²) in [6.07, 6.45) is 3.45. The first kappa shape index (κ1) is 18.0. The van der Waals surface area contributed by atoms with Crippen molar-refractivity contribution in [3.63, 3.8) is 0 Å². The first-order valence-electron chi connectivity index (χ1n) is 8.42. The summed E-state index contributed by atoms with van der Waals surface area (Å²) in [7, 11) is 1.62. The topological polar surface area (TPSA) is 67.0 Å². The molecule has 0 atom stereocenters. The van der Waals surface area contributed by atoms with Crippen molar-refractivity contribution in [2.45, 2.75) is 6.92 Å². The van der Waals surface area contributed by atoms with Crippen molar-refractivity contribution in [3.05, 3.63) is 83.7 Å². The number of methoxy groups -OCH3 is 1. The summed E-state index contributed by atoms with van der Waals surface area (Å²) in [5.41, 5.74) is 3.36. The number of rotatable bonds is 5. The van der Waals surface area contributed by atoms with Gasteiger partial charge in [0.2, 0.25) is 0 Å². The maximum atomic E-state index is 12.5. The Morgan fingerprint density at radius 3 is 2.59 bits per heavy atom. The third kappa shape index (κ3) is 4.25. The predicted molar refractivity (Wildman–Crippen MR) is 106 cm³/mol. The largest absolute Gasteiger partial charge is 0.497 e. The zero-order valence-electron chi connectivity index (χ0n) is 15.1. The second kappa shape index (κ2) is 8.07. The van der Waals surface area contributed by atoms with Gasteiger partial charge in [0, 0.05) is 23.3 Å². The van der Waals surface area contributed by atoms with Crippen molar-refractivity contribution in [2.24, 2.45) is 0 Å². The second-order valence-electron chi connectivity index (χ2n) is 5.99. The highest BCUT2D eigenvalue weighted by molar-refractivity contribution is 6.09. The highest BCUT2D eigenvalue weighted by atomic mass is 16.5. The Bertz CT molecular complexity index is 1020. The van der Waals surface area contributed by atoms with Crippen LogP contribution in [0.5, 0.6) is 5.75 Å². The molecule has 5 nitrogen and oxygen atoms in total. The van der Waals surface area contributed by atoms with Crippen LogP contribution >= 0.6 is 0 Å². The Morgan fingerprint density at radius 2 is 1.93 bits per heavy atom. The molecule has 0 saturated carbocycles. The monoisotopic (exact) mass is 357 g/mol. The fraction of sp³-hybridized carbons (Fsp3) is 0.0909. The Morgan fingerprint density at radius 1 is 1.15 bits per heavy atom. The van der Waals surface area contributed by atoms with E-state index in [2.05, 4.69) is 5.32 Å². The molecule has 0 aliphatic heterocycles. The maximum absolute atomic E-state index is 12.5. The van der Waals surface area contributed by atoms with E-state index in [4.69, 9.17) is 4.74 Å². The number of ether oxygens (including phenoxy) is 1. The van der Waals surface area contributed by atoms with E-state index in [0.717, 1.165) is 22.7 Å². The first-order valence-corrected chi connectivity index (χ1v) is 8.42. The van der Waals surface area contributed by atoms with Gasteiger partial charge < -0.3 is 14.6 Å². The van der Waals surface area contributed by atoms with Crippen LogP contribution in [0.4, 0.5) is 5.69 Å². The number of carbonyl (C=O) groups excluding carboxylic acids is 1. The minimum atomic E-state index is -0.439. The summed E-state index contributed by atoms with van der Waals surface area (Å²) >= 11 is 0. The van der Waals surface area contributed by atoms with Gasteiger partial charge in [-0.15, -0.1) is 0 Å². The van der Waals surface area contributed by atoms with Gasteiger partial charge >= 0.3 is 0 Å². The van der Waals surface area contributed by atoms with Crippen molar-refractivity contribution in [1.29, 1.82) is 5.26 Å². The lowest BCUT2D eigenvalue weighted by molar-refractivity contribution is -0.112. The van der Waals surface area contributed by atoms with Gasteiger partial charge in [0.1, 0.15) is 17.4 Å². The van der Waals surface area contributed by atoms with Crippen LogP contribution in [0.3, 0.4) is 0 Å². The van der Waals surface area contributed by atoms with E-state index in [9.17, 15) is 10.1 Å². The fourth-order valence-corrected chi connectivity index (χ4v) is 2.71. The summed E-state index contributed by atoms with van der Waals surface area (Å²) in [4.78, 5) is 12.5. The average molecular weight is 357 g/mol. The molecule has 134 valence electrons. The van der Waals surface area contributed by atoms with Crippen molar-refractivity contribution < 1.29 is 9.53 Å². The SMILES string of the molecule is COc1ccc(-n2cccc2/C=C(/C#N)C(=O)Nc2cccc(C)c2)cc1. The van der Waals surface area contributed by atoms with Crippen LogP contribution in [0.1, 0.15) is 11.3 Å². The molecule has 1 amide bonds. The molecule has 5 heteroatoms. The lowest BCUT2D eigenvalue weighted by atomic mass is 10.2. The molecular formula is C22H19N3O2. The maximum Gasteiger partial charge on any atom is 0.266 e. The van der Waals surface area contributed by atoms with Gasteiger partial charge in [-0.3, -0.25) is 4.79 Å². The van der Waals surface area contributed by atoms with Gasteiger partial charge in [-0.2, -0.15) is 5.26 Å². The van der Waals surface area contributed by atoms with Crippen molar-refractivity contribution in [1.82, 2.24) is 4.57 Å². The number of amides is 1. The molecule has 3 rings (SSSR count). The number of aromatic nitrogens is 1. The second-order valence-corrected chi connectivity index (χ2v) is 5.99. The summed E-state index contributed by atoms with van der Waals surface area (Å²) in [6.45, 7) is 1.94. The molecule has 3 aromatic rings. The number of aryl methyl sites for hydroxylation is 1. The van der Waals surface area contributed by atoms with Gasteiger partial charge in [0.05, 0.1) is 7.11 Å². The zero-order chi connectivity index (χ0) is 19.2. The smallest absolute Gasteiger partial charge is 0.266 e. The van der Waals surface area contributed by atoms with Crippen LogP contribution in [0, 0.1) is 18.3 Å². The van der Waals surface area contributed by atoms with Crippen LogP contribution in [-0.2, 0) is 4.79 Å². The molecule has 0 radical (unpaired) electrons. The highest BCUT2D eigenvalue weighted by Crippen LogP contribution is 2.19. The summed E-state index contributed by atoms with van der Waals surface area (Å²) in [6, 6.07) is 20.7. The number of nitrogens with zero attached hydrogens (tertiary/aromatic N) is 2. The van der Waals surface area contributed by atoms with E-state index in [1.165, 1.54) is 0 Å².